The Kier molecular flexibility index (Phi) is 4.51. The van der Waals surface area contributed by atoms with Gasteiger partial charge in [-0.2, -0.15) is 0 Å². The maximum absolute atomic E-state index is 11.0. The topological polar surface area (TPSA) is 20.3 Å². The minimum atomic E-state index is 0.631. The molecule has 0 atom stereocenters. The minimum Gasteiger partial charge on any atom is -0.315 e. The Balaban J connectivity index is 2.28. The number of para-hydroxylation sites is 1. The van der Waals surface area contributed by atoms with Crippen LogP contribution in [0.5, 0.6) is 0 Å². The van der Waals surface area contributed by atoms with Gasteiger partial charge in [0.2, 0.25) is 0 Å². The molecule has 0 bridgehead atoms. The predicted octanol–water partition coefficient (Wildman–Crippen LogP) is 4.60. The van der Waals surface area contributed by atoms with Gasteiger partial charge in [0, 0.05) is 28.2 Å². The van der Waals surface area contributed by atoms with Crippen LogP contribution in [0.3, 0.4) is 0 Å². The number of nitrogens with zero attached hydrogens (tertiary/aromatic N) is 1. The third-order valence-corrected chi connectivity index (χ3v) is 4.05. The fraction of sp³-hybridized carbons (Fsp3) is 0.133. The van der Waals surface area contributed by atoms with Crippen molar-refractivity contribution in [2.24, 2.45) is 0 Å². The van der Waals surface area contributed by atoms with Gasteiger partial charge >= 0.3 is 0 Å². The average molecular weight is 292 g/mol. The Bertz CT molecular complexity index is 600. The molecule has 98 valence electrons. The number of rotatable bonds is 4. The third-order valence-electron chi connectivity index (χ3n) is 2.79. The number of carbonyl (C=O) groups excluding carboxylic acids is 1. The first kappa shape index (κ1) is 14.0. The van der Waals surface area contributed by atoms with E-state index in [1.165, 1.54) is 17.5 Å². The fourth-order valence-corrected chi connectivity index (χ4v) is 3.03. The van der Waals surface area contributed by atoms with Gasteiger partial charge in [0.15, 0.2) is 6.29 Å². The lowest BCUT2D eigenvalue weighted by Crippen LogP contribution is -2.08. The zero-order chi connectivity index (χ0) is 13.8. The summed E-state index contributed by atoms with van der Waals surface area (Å²) in [6.07, 6.45) is 0.852. The molecule has 0 aliphatic rings. The zero-order valence-electron chi connectivity index (χ0n) is 10.8. The summed E-state index contributed by atoms with van der Waals surface area (Å²) >= 11 is 7.48. The van der Waals surface area contributed by atoms with E-state index in [2.05, 4.69) is 13.0 Å². The molecule has 4 heteroatoms. The highest BCUT2D eigenvalue weighted by Crippen LogP contribution is 2.32. The summed E-state index contributed by atoms with van der Waals surface area (Å²) in [6.45, 7) is 2.06. The smallest absolute Gasteiger partial charge is 0.151 e. The summed E-state index contributed by atoms with van der Waals surface area (Å²) in [5.41, 5.74) is 2.95. The average Bonchev–Trinajstić information content (AvgIpc) is 2.39. The quantitative estimate of drug-likeness (QED) is 0.606. The maximum atomic E-state index is 11.0. The number of hydrogen-bond acceptors (Lipinski definition) is 3. The largest absolute Gasteiger partial charge is 0.315 e. The molecule has 0 aliphatic heterocycles. The van der Waals surface area contributed by atoms with E-state index in [0.29, 0.717) is 10.6 Å². The molecule has 2 rings (SSSR count). The van der Waals surface area contributed by atoms with Crippen molar-refractivity contribution in [3.05, 3.63) is 58.6 Å². The first-order chi connectivity index (χ1) is 9.11. The molecule has 0 spiro atoms. The van der Waals surface area contributed by atoms with Crippen molar-refractivity contribution < 1.29 is 4.79 Å². The van der Waals surface area contributed by atoms with Crippen LogP contribution in [0, 0.1) is 6.92 Å². The monoisotopic (exact) mass is 291 g/mol. The number of aryl methyl sites for hydroxylation is 1. The summed E-state index contributed by atoms with van der Waals surface area (Å²) < 4.78 is 2.04. The van der Waals surface area contributed by atoms with Crippen molar-refractivity contribution in [3.8, 4) is 0 Å². The molecule has 0 unspecified atom stereocenters. The molecule has 0 radical (unpaired) electrons. The third kappa shape index (κ3) is 3.31. The van der Waals surface area contributed by atoms with Crippen LogP contribution in [0.4, 0.5) is 5.69 Å². The van der Waals surface area contributed by atoms with Crippen LogP contribution >= 0.6 is 23.5 Å². The zero-order valence-corrected chi connectivity index (χ0v) is 12.3. The van der Waals surface area contributed by atoms with Crippen LogP contribution in [-0.2, 0) is 0 Å². The standard InChI is InChI=1S/C15H14ClNOS/c1-11-5-3-4-6-14(11)17(2)19-15-9-13(16)8-7-12(15)10-18/h3-10H,1-2H3. The molecule has 0 amide bonds. The molecule has 2 nitrogen and oxygen atoms in total. The van der Waals surface area contributed by atoms with E-state index in [0.717, 1.165) is 16.9 Å². The summed E-state index contributed by atoms with van der Waals surface area (Å²) in [4.78, 5) is 11.9. The molecule has 0 aromatic heterocycles. The molecular weight excluding hydrogens is 278 g/mol. The first-order valence-corrected chi connectivity index (χ1v) is 6.99. The van der Waals surface area contributed by atoms with Crippen LogP contribution in [-0.4, -0.2) is 13.3 Å². The molecule has 0 N–H and O–H groups in total. The molecule has 0 fully saturated rings. The van der Waals surface area contributed by atoms with Gasteiger partial charge in [0.1, 0.15) is 0 Å². The van der Waals surface area contributed by atoms with E-state index < -0.39 is 0 Å². The number of aldehydes is 1. The number of benzene rings is 2. The van der Waals surface area contributed by atoms with Gasteiger partial charge in [-0.05, 0) is 48.7 Å². The van der Waals surface area contributed by atoms with E-state index in [1.807, 2.05) is 35.6 Å². The van der Waals surface area contributed by atoms with Gasteiger partial charge in [0.05, 0.1) is 0 Å². The number of hydrogen-bond donors (Lipinski definition) is 0. The second-order valence-electron chi connectivity index (χ2n) is 4.18. The van der Waals surface area contributed by atoms with Gasteiger partial charge in [-0.1, -0.05) is 29.8 Å². The lowest BCUT2D eigenvalue weighted by molar-refractivity contribution is 0.112. The summed E-state index contributed by atoms with van der Waals surface area (Å²) in [5, 5.41) is 0.631. The van der Waals surface area contributed by atoms with Crippen LogP contribution in [0.1, 0.15) is 15.9 Å². The summed E-state index contributed by atoms with van der Waals surface area (Å²) in [5.74, 6) is 0. The highest BCUT2D eigenvalue weighted by molar-refractivity contribution is 8.00. The van der Waals surface area contributed by atoms with Gasteiger partial charge in [-0.3, -0.25) is 4.79 Å². The van der Waals surface area contributed by atoms with Crippen LogP contribution < -0.4 is 4.31 Å². The number of carbonyl (C=O) groups is 1. The van der Waals surface area contributed by atoms with Crippen molar-refractivity contribution in [3.63, 3.8) is 0 Å². The Labute approximate surface area is 122 Å². The molecule has 0 aliphatic carbocycles. The van der Waals surface area contributed by atoms with E-state index in [1.54, 1.807) is 12.1 Å². The van der Waals surface area contributed by atoms with Gasteiger partial charge in [-0.25, -0.2) is 0 Å². The van der Waals surface area contributed by atoms with Crippen molar-refractivity contribution in [1.82, 2.24) is 0 Å². The summed E-state index contributed by atoms with van der Waals surface area (Å²) in [7, 11) is 1.97. The van der Waals surface area contributed by atoms with E-state index >= 15 is 0 Å². The van der Waals surface area contributed by atoms with E-state index in [4.69, 9.17) is 11.6 Å². The Hall–Kier alpha value is -1.45. The Morgan fingerprint density at radius 2 is 1.95 bits per heavy atom. The van der Waals surface area contributed by atoms with Crippen molar-refractivity contribution in [1.29, 1.82) is 0 Å². The molecule has 19 heavy (non-hydrogen) atoms. The number of halogens is 1. The predicted molar refractivity (Wildman–Crippen MR) is 82.3 cm³/mol. The lowest BCUT2D eigenvalue weighted by atomic mass is 10.2. The van der Waals surface area contributed by atoms with Gasteiger partial charge in [0.25, 0.3) is 0 Å². The number of anilines is 1. The second-order valence-corrected chi connectivity index (χ2v) is 5.78. The Morgan fingerprint density at radius 3 is 2.63 bits per heavy atom. The molecular formula is C15H14ClNOS. The van der Waals surface area contributed by atoms with E-state index in [-0.39, 0.29) is 0 Å². The normalized spacial score (nSPS) is 10.3. The maximum Gasteiger partial charge on any atom is 0.151 e. The summed E-state index contributed by atoms with van der Waals surface area (Å²) in [6, 6.07) is 13.4. The van der Waals surface area contributed by atoms with Crippen LogP contribution in [0.25, 0.3) is 0 Å². The SMILES string of the molecule is Cc1ccccc1N(C)Sc1cc(Cl)ccc1C=O. The first-order valence-electron chi connectivity index (χ1n) is 5.84. The highest BCUT2D eigenvalue weighted by atomic mass is 35.5. The van der Waals surface area contributed by atoms with Crippen molar-refractivity contribution >= 4 is 35.5 Å². The molecule has 0 saturated heterocycles. The molecule has 0 saturated carbocycles. The molecule has 0 heterocycles. The fourth-order valence-electron chi connectivity index (χ4n) is 1.80. The highest BCUT2D eigenvalue weighted by Gasteiger charge is 2.09. The van der Waals surface area contributed by atoms with Gasteiger partial charge in [-0.15, -0.1) is 0 Å². The second kappa shape index (κ2) is 6.13. The Morgan fingerprint density at radius 1 is 1.21 bits per heavy atom. The van der Waals surface area contributed by atoms with Gasteiger partial charge < -0.3 is 4.31 Å². The molecule has 2 aromatic rings. The van der Waals surface area contributed by atoms with Crippen LogP contribution in [0.2, 0.25) is 5.02 Å². The van der Waals surface area contributed by atoms with Crippen LogP contribution in [0.15, 0.2) is 47.4 Å². The van der Waals surface area contributed by atoms with E-state index in [9.17, 15) is 4.79 Å². The van der Waals surface area contributed by atoms with Crippen molar-refractivity contribution in [2.75, 3.05) is 11.4 Å². The van der Waals surface area contributed by atoms with Crippen molar-refractivity contribution in [2.45, 2.75) is 11.8 Å². The molecule has 2 aromatic carbocycles. The minimum absolute atomic E-state index is 0.631. The lowest BCUT2D eigenvalue weighted by Gasteiger charge is -2.20.